The number of likely N-dealkylation sites (N-methyl/N-ethyl adjacent to an activating group) is 1. The van der Waals surface area contributed by atoms with Crippen LogP contribution in [0.5, 0.6) is 0 Å². The Bertz CT molecular complexity index is 131. The Morgan fingerprint density at radius 3 is 2.67 bits per heavy atom. The first-order chi connectivity index (χ1) is 7.22. The van der Waals surface area contributed by atoms with Gasteiger partial charge in [0.05, 0.1) is 6.61 Å². The van der Waals surface area contributed by atoms with Gasteiger partial charge in [0.25, 0.3) is 0 Å². The van der Waals surface area contributed by atoms with E-state index >= 15 is 0 Å². The van der Waals surface area contributed by atoms with Crippen LogP contribution in [0.4, 0.5) is 0 Å². The summed E-state index contributed by atoms with van der Waals surface area (Å²) in [5.74, 6) is 0. The highest BCUT2D eigenvalue weighted by atomic mass is 16.5. The lowest BCUT2D eigenvalue weighted by Gasteiger charge is -2.24. The van der Waals surface area contributed by atoms with Gasteiger partial charge in [-0.2, -0.15) is 0 Å². The quantitative estimate of drug-likeness (QED) is 0.563. The fourth-order valence-electron chi connectivity index (χ4n) is 1.42. The molecule has 0 aliphatic carbocycles. The lowest BCUT2D eigenvalue weighted by Crippen LogP contribution is -2.39. The first kappa shape index (κ1) is 14.9. The summed E-state index contributed by atoms with van der Waals surface area (Å²) < 4.78 is 5.06. The van der Waals surface area contributed by atoms with Gasteiger partial charge in [-0.15, -0.1) is 0 Å². The highest BCUT2D eigenvalue weighted by Gasteiger charge is 2.07. The highest BCUT2D eigenvalue weighted by Crippen LogP contribution is 1.95. The smallest absolute Gasteiger partial charge is 0.0589 e. The summed E-state index contributed by atoms with van der Waals surface area (Å²) in [6.07, 6.45) is 3.93. The van der Waals surface area contributed by atoms with Gasteiger partial charge in [0, 0.05) is 26.2 Å². The van der Waals surface area contributed by atoms with Crippen molar-refractivity contribution in [3.8, 4) is 0 Å². The molecule has 3 nitrogen and oxygen atoms in total. The Labute approximate surface area is 95.2 Å². The number of rotatable bonds is 10. The maximum atomic E-state index is 5.06. The minimum absolute atomic E-state index is 0.585. The van der Waals surface area contributed by atoms with Gasteiger partial charge < -0.3 is 15.0 Å². The third-order valence-electron chi connectivity index (χ3n) is 2.80. The number of ether oxygens (including phenoxy) is 1. The van der Waals surface area contributed by atoms with E-state index in [9.17, 15) is 0 Å². The molecule has 0 radical (unpaired) electrons. The van der Waals surface area contributed by atoms with Gasteiger partial charge in [-0.3, -0.25) is 0 Å². The number of methoxy groups -OCH3 is 1. The molecule has 0 bridgehead atoms. The van der Waals surface area contributed by atoms with Gasteiger partial charge >= 0.3 is 0 Å². The average molecular weight is 216 g/mol. The van der Waals surface area contributed by atoms with Gasteiger partial charge in [-0.25, -0.2) is 0 Å². The molecule has 0 rings (SSSR count). The van der Waals surface area contributed by atoms with E-state index in [1.54, 1.807) is 7.11 Å². The van der Waals surface area contributed by atoms with E-state index in [4.69, 9.17) is 4.74 Å². The van der Waals surface area contributed by atoms with Crippen molar-refractivity contribution in [2.75, 3.05) is 40.4 Å². The van der Waals surface area contributed by atoms with Crippen LogP contribution in [0.15, 0.2) is 0 Å². The summed E-state index contributed by atoms with van der Waals surface area (Å²) in [5.41, 5.74) is 0. The molecule has 0 amide bonds. The largest absolute Gasteiger partial charge is 0.383 e. The topological polar surface area (TPSA) is 24.5 Å². The van der Waals surface area contributed by atoms with Gasteiger partial charge in [-0.05, 0) is 26.9 Å². The fraction of sp³-hybridized carbons (Fsp3) is 1.00. The molecular formula is C12H28N2O. The highest BCUT2D eigenvalue weighted by molar-refractivity contribution is 4.65. The molecule has 0 saturated carbocycles. The lowest BCUT2D eigenvalue weighted by atomic mass is 10.2. The zero-order chi connectivity index (χ0) is 11.5. The third-order valence-corrected chi connectivity index (χ3v) is 2.80. The molecule has 92 valence electrons. The van der Waals surface area contributed by atoms with Crippen molar-refractivity contribution in [3.05, 3.63) is 0 Å². The molecule has 0 saturated heterocycles. The van der Waals surface area contributed by atoms with E-state index < -0.39 is 0 Å². The lowest BCUT2D eigenvalue weighted by molar-refractivity contribution is 0.142. The van der Waals surface area contributed by atoms with Crippen molar-refractivity contribution in [3.63, 3.8) is 0 Å². The average Bonchev–Trinajstić information content (AvgIpc) is 2.25. The normalized spacial score (nSPS) is 13.4. The van der Waals surface area contributed by atoms with E-state index in [2.05, 4.69) is 31.1 Å². The van der Waals surface area contributed by atoms with Crippen LogP contribution >= 0.6 is 0 Å². The van der Waals surface area contributed by atoms with E-state index in [0.717, 1.165) is 26.2 Å². The second-order valence-corrected chi connectivity index (χ2v) is 4.23. The van der Waals surface area contributed by atoms with Gasteiger partial charge in [-0.1, -0.05) is 19.8 Å². The zero-order valence-corrected chi connectivity index (χ0v) is 10.9. The molecule has 1 atom stereocenters. The SMILES string of the molecule is CCCCCNCC(C)N(C)CCOC. The molecule has 3 heteroatoms. The van der Waals surface area contributed by atoms with Gasteiger partial charge in [0.15, 0.2) is 0 Å². The molecule has 0 aliphatic rings. The Morgan fingerprint density at radius 1 is 1.33 bits per heavy atom. The molecule has 0 heterocycles. The number of nitrogens with zero attached hydrogens (tertiary/aromatic N) is 1. The Kier molecular flexibility index (Phi) is 10.3. The van der Waals surface area contributed by atoms with Crippen molar-refractivity contribution in [2.45, 2.75) is 39.2 Å². The fourth-order valence-corrected chi connectivity index (χ4v) is 1.42. The summed E-state index contributed by atoms with van der Waals surface area (Å²) in [6, 6.07) is 0.585. The predicted molar refractivity (Wildman–Crippen MR) is 66.4 cm³/mol. The zero-order valence-electron chi connectivity index (χ0n) is 10.9. The minimum Gasteiger partial charge on any atom is -0.383 e. The summed E-state index contributed by atoms with van der Waals surface area (Å²) >= 11 is 0. The molecule has 1 unspecified atom stereocenters. The third kappa shape index (κ3) is 8.85. The number of unbranched alkanes of at least 4 members (excludes halogenated alkanes) is 2. The first-order valence-electron chi connectivity index (χ1n) is 6.12. The van der Waals surface area contributed by atoms with Crippen LogP contribution in [-0.2, 0) is 4.74 Å². The molecule has 0 spiro atoms. The molecule has 0 aromatic carbocycles. The van der Waals surface area contributed by atoms with Crippen molar-refractivity contribution < 1.29 is 4.74 Å². The van der Waals surface area contributed by atoms with E-state index in [-0.39, 0.29) is 0 Å². The van der Waals surface area contributed by atoms with Crippen molar-refractivity contribution in [1.82, 2.24) is 10.2 Å². The summed E-state index contributed by atoms with van der Waals surface area (Å²) in [6.45, 7) is 8.54. The minimum atomic E-state index is 0.585. The van der Waals surface area contributed by atoms with Crippen LogP contribution in [0, 0.1) is 0 Å². The van der Waals surface area contributed by atoms with Crippen molar-refractivity contribution in [2.24, 2.45) is 0 Å². The van der Waals surface area contributed by atoms with Crippen molar-refractivity contribution in [1.29, 1.82) is 0 Å². The number of hydrogen-bond donors (Lipinski definition) is 1. The Balaban J connectivity index is 3.34. The Hall–Kier alpha value is -0.120. The van der Waals surface area contributed by atoms with Crippen LogP contribution in [0.3, 0.4) is 0 Å². The predicted octanol–water partition coefficient (Wildman–Crippen LogP) is 1.73. The van der Waals surface area contributed by atoms with Gasteiger partial charge in [0.2, 0.25) is 0 Å². The van der Waals surface area contributed by atoms with E-state index in [0.29, 0.717) is 6.04 Å². The second-order valence-electron chi connectivity index (χ2n) is 4.23. The molecule has 0 fully saturated rings. The molecule has 0 aromatic heterocycles. The van der Waals surface area contributed by atoms with Crippen LogP contribution in [0.25, 0.3) is 0 Å². The molecule has 0 aliphatic heterocycles. The maximum absolute atomic E-state index is 5.06. The van der Waals surface area contributed by atoms with Crippen molar-refractivity contribution >= 4 is 0 Å². The monoisotopic (exact) mass is 216 g/mol. The van der Waals surface area contributed by atoms with E-state index in [1.807, 2.05) is 0 Å². The molecular weight excluding hydrogens is 188 g/mol. The van der Waals surface area contributed by atoms with Crippen LogP contribution in [0.2, 0.25) is 0 Å². The van der Waals surface area contributed by atoms with E-state index in [1.165, 1.54) is 19.3 Å². The molecule has 15 heavy (non-hydrogen) atoms. The second kappa shape index (κ2) is 10.4. The summed E-state index contributed by atoms with van der Waals surface area (Å²) in [4.78, 5) is 2.33. The standard InChI is InChI=1S/C12H28N2O/c1-5-6-7-8-13-11-12(2)14(3)9-10-15-4/h12-13H,5-11H2,1-4H3. The number of nitrogens with one attached hydrogen (secondary N) is 1. The van der Waals surface area contributed by atoms with Crippen LogP contribution < -0.4 is 5.32 Å². The summed E-state index contributed by atoms with van der Waals surface area (Å²) in [7, 11) is 3.90. The Morgan fingerprint density at radius 2 is 2.07 bits per heavy atom. The molecule has 0 aromatic rings. The summed E-state index contributed by atoms with van der Waals surface area (Å²) in [5, 5.41) is 3.49. The maximum Gasteiger partial charge on any atom is 0.0589 e. The van der Waals surface area contributed by atoms with Gasteiger partial charge in [0.1, 0.15) is 0 Å². The first-order valence-corrected chi connectivity index (χ1v) is 6.12. The number of hydrogen-bond acceptors (Lipinski definition) is 3. The molecule has 1 N–H and O–H groups in total. The van der Waals surface area contributed by atoms with Crippen LogP contribution in [0.1, 0.15) is 33.1 Å². The van der Waals surface area contributed by atoms with Crippen LogP contribution in [-0.4, -0.2) is 51.3 Å².